The maximum atomic E-state index is 5.66. The van der Waals surface area contributed by atoms with Crippen LogP contribution in [0.3, 0.4) is 0 Å². The lowest BCUT2D eigenvalue weighted by Gasteiger charge is -2.30. The highest BCUT2D eigenvalue weighted by molar-refractivity contribution is 5.98. The molecule has 2 spiro atoms. The Balaban J connectivity index is 1.00. The van der Waals surface area contributed by atoms with E-state index in [0.717, 1.165) is 28.1 Å². The van der Waals surface area contributed by atoms with E-state index in [1.807, 2.05) is 0 Å². The number of hydrogen-bond acceptors (Lipinski definition) is 1. The Hall–Kier alpha value is -7.87. The van der Waals surface area contributed by atoms with Crippen LogP contribution >= 0.6 is 0 Å². The van der Waals surface area contributed by atoms with Crippen molar-refractivity contribution in [3.63, 3.8) is 0 Å². The van der Waals surface area contributed by atoms with Crippen LogP contribution in [0.1, 0.15) is 44.5 Å². The monoisotopic (exact) mass is 783 g/mol. The van der Waals surface area contributed by atoms with Crippen LogP contribution in [0.25, 0.3) is 78.1 Å². The smallest absolute Gasteiger partial charge is 0.0725 e. The van der Waals surface area contributed by atoms with E-state index >= 15 is 0 Å². The van der Waals surface area contributed by atoms with E-state index < -0.39 is 10.8 Å². The van der Waals surface area contributed by atoms with Crippen LogP contribution in [0.2, 0.25) is 0 Å². The van der Waals surface area contributed by atoms with Crippen LogP contribution in [0.4, 0.5) is 0 Å². The van der Waals surface area contributed by atoms with Crippen LogP contribution in [0.5, 0.6) is 0 Å². The van der Waals surface area contributed by atoms with Gasteiger partial charge in [-0.1, -0.05) is 200 Å². The van der Waals surface area contributed by atoms with Crippen molar-refractivity contribution in [3.05, 3.63) is 269 Å². The fraction of sp³-hybridized carbons (Fsp3) is 0.0328. The van der Waals surface area contributed by atoms with Crippen molar-refractivity contribution in [1.82, 2.24) is 4.98 Å². The molecule has 0 saturated carbocycles. The van der Waals surface area contributed by atoms with Crippen LogP contribution in [0, 0.1) is 0 Å². The standard InChI is InChI=1S/C61H37N/c1-2-16-38(17-3-1)41-36-58(39-30-32-48-46-22-8-14-28-54(46)60(56(48)34-39)50-24-10-4-18-42(50)43-19-5-11-25-51(43)60)62-59(37-41)40-31-33-49-47-23-9-15-29-55(47)61(57(49)35-40)52-26-12-6-20-44(52)45-21-7-13-27-53(45)61/h1-37H. The second-order valence-electron chi connectivity index (χ2n) is 17.3. The average Bonchev–Trinajstić information content (AvgIpc) is 4.03. The van der Waals surface area contributed by atoms with Gasteiger partial charge in [0, 0.05) is 11.1 Å². The highest BCUT2D eigenvalue weighted by atomic mass is 14.7. The molecule has 0 fully saturated rings. The molecule has 1 nitrogen and oxygen atoms in total. The fourth-order valence-electron chi connectivity index (χ4n) is 12.1. The minimum atomic E-state index is -0.424. The van der Waals surface area contributed by atoms with Gasteiger partial charge in [0.2, 0.25) is 0 Å². The van der Waals surface area contributed by atoms with Gasteiger partial charge in [0.25, 0.3) is 0 Å². The molecule has 0 amide bonds. The van der Waals surface area contributed by atoms with E-state index in [4.69, 9.17) is 4.98 Å². The SMILES string of the molecule is c1ccc(-c2cc(-c3ccc4c(c3)C3(c5ccccc5-c5ccccc53)c3ccccc3-4)nc(-c3ccc4c(c3)C3(c5ccccc5-c5ccccc53)c3ccccc3-4)c2)cc1. The number of benzene rings is 9. The van der Waals surface area contributed by atoms with E-state index in [-0.39, 0.29) is 0 Å². The minimum Gasteiger partial charge on any atom is -0.248 e. The van der Waals surface area contributed by atoms with E-state index in [9.17, 15) is 0 Å². The zero-order chi connectivity index (χ0) is 40.6. The van der Waals surface area contributed by atoms with Gasteiger partial charge in [0.15, 0.2) is 0 Å². The number of pyridine rings is 1. The first-order valence-corrected chi connectivity index (χ1v) is 21.7. The summed E-state index contributed by atoms with van der Waals surface area (Å²) in [5.41, 5.74) is 26.8. The molecule has 1 aromatic heterocycles. The lowest BCUT2D eigenvalue weighted by molar-refractivity contribution is 0.794. The number of nitrogens with zero attached hydrogens (tertiary/aromatic N) is 1. The molecule has 1 heteroatoms. The lowest BCUT2D eigenvalue weighted by Crippen LogP contribution is -2.25. The van der Waals surface area contributed by atoms with Crippen molar-refractivity contribution in [2.75, 3.05) is 0 Å². The van der Waals surface area contributed by atoms with E-state index in [2.05, 4.69) is 224 Å². The molecule has 0 radical (unpaired) electrons. The minimum absolute atomic E-state index is 0.424. The zero-order valence-electron chi connectivity index (χ0n) is 33.8. The van der Waals surface area contributed by atoms with Crippen LogP contribution in [-0.2, 0) is 10.8 Å². The Morgan fingerprint density at radius 2 is 0.500 bits per heavy atom. The summed E-state index contributed by atoms with van der Waals surface area (Å²) in [6.45, 7) is 0. The molecule has 9 aromatic carbocycles. The van der Waals surface area contributed by atoms with Crippen molar-refractivity contribution in [2.45, 2.75) is 10.8 Å². The molecule has 0 N–H and O–H groups in total. The third-order valence-corrected chi connectivity index (χ3v) is 14.5. The molecular formula is C61H37N. The zero-order valence-corrected chi connectivity index (χ0v) is 33.8. The van der Waals surface area contributed by atoms with E-state index in [1.165, 1.54) is 94.6 Å². The Bertz CT molecular complexity index is 3200. The van der Waals surface area contributed by atoms with Gasteiger partial charge < -0.3 is 0 Å². The Kier molecular flexibility index (Phi) is 6.75. The molecule has 0 atom stereocenters. The predicted molar refractivity (Wildman–Crippen MR) is 253 cm³/mol. The van der Waals surface area contributed by atoms with Gasteiger partial charge in [-0.25, -0.2) is 4.98 Å². The first kappa shape index (κ1) is 33.9. The third-order valence-electron chi connectivity index (χ3n) is 14.5. The summed E-state index contributed by atoms with van der Waals surface area (Å²) in [4.78, 5) is 5.66. The first-order valence-electron chi connectivity index (χ1n) is 21.7. The summed E-state index contributed by atoms with van der Waals surface area (Å²) < 4.78 is 0. The molecule has 4 aliphatic carbocycles. The quantitative estimate of drug-likeness (QED) is 0.174. The molecule has 0 unspecified atom stereocenters. The molecular weight excluding hydrogens is 747 g/mol. The largest absolute Gasteiger partial charge is 0.248 e. The van der Waals surface area contributed by atoms with Gasteiger partial charge in [-0.2, -0.15) is 0 Å². The molecule has 62 heavy (non-hydrogen) atoms. The molecule has 0 aliphatic heterocycles. The number of fused-ring (bicyclic) bond motifs is 20. The summed E-state index contributed by atoms with van der Waals surface area (Å²) in [6, 6.07) is 83.8. The average molecular weight is 784 g/mol. The van der Waals surface area contributed by atoms with Crippen molar-refractivity contribution in [3.8, 4) is 78.1 Å². The van der Waals surface area contributed by atoms with Crippen molar-refractivity contribution < 1.29 is 0 Å². The molecule has 14 rings (SSSR count). The van der Waals surface area contributed by atoms with Gasteiger partial charge in [0.05, 0.1) is 22.2 Å². The highest BCUT2D eigenvalue weighted by Crippen LogP contribution is 2.64. The number of rotatable bonds is 3. The first-order chi connectivity index (χ1) is 30.7. The topological polar surface area (TPSA) is 12.9 Å². The van der Waals surface area contributed by atoms with Crippen molar-refractivity contribution in [1.29, 1.82) is 0 Å². The maximum Gasteiger partial charge on any atom is 0.0725 e. The number of hydrogen-bond donors (Lipinski definition) is 0. The predicted octanol–water partition coefficient (Wildman–Crippen LogP) is 14.8. The second kappa shape index (κ2) is 12.3. The van der Waals surface area contributed by atoms with Crippen LogP contribution in [-0.4, -0.2) is 4.98 Å². The lowest BCUT2D eigenvalue weighted by atomic mass is 9.70. The molecule has 10 aromatic rings. The second-order valence-corrected chi connectivity index (χ2v) is 17.3. The normalized spacial score (nSPS) is 14.4. The molecule has 0 saturated heterocycles. The third kappa shape index (κ3) is 4.20. The van der Waals surface area contributed by atoms with Gasteiger partial charge in [-0.15, -0.1) is 0 Å². The Morgan fingerprint density at radius 1 is 0.210 bits per heavy atom. The van der Waals surface area contributed by atoms with Gasteiger partial charge in [-0.3, -0.25) is 0 Å². The van der Waals surface area contributed by atoms with E-state index in [0.29, 0.717) is 0 Å². The molecule has 4 aliphatic rings. The van der Waals surface area contributed by atoms with Crippen LogP contribution in [0.15, 0.2) is 224 Å². The van der Waals surface area contributed by atoms with E-state index in [1.54, 1.807) is 0 Å². The van der Waals surface area contributed by atoms with Gasteiger partial charge in [-0.05, 0) is 124 Å². The molecule has 1 heterocycles. The summed E-state index contributed by atoms with van der Waals surface area (Å²) in [6.07, 6.45) is 0. The highest BCUT2D eigenvalue weighted by Gasteiger charge is 2.53. The van der Waals surface area contributed by atoms with Gasteiger partial charge in [0.1, 0.15) is 0 Å². The Labute approximate surface area is 361 Å². The summed E-state index contributed by atoms with van der Waals surface area (Å²) in [5, 5.41) is 0. The fourth-order valence-corrected chi connectivity index (χ4v) is 12.1. The van der Waals surface area contributed by atoms with Crippen molar-refractivity contribution >= 4 is 0 Å². The van der Waals surface area contributed by atoms with Crippen LogP contribution < -0.4 is 0 Å². The number of aromatic nitrogens is 1. The summed E-state index contributed by atoms with van der Waals surface area (Å²) in [7, 11) is 0. The molecule has 0 bridgehead atoms. The van der Waals surface area contributed by atoms with Gasteiger partial charge >= 0.3 is 0 Å². The maximum absolute atomic E-state index is 5.66. The Morgan fingerprint density at radius 3 is 0.839 bits per heavy atom. The van der Waals surface area contributed by atoms with Crippen molar-refractivity contribution in [2.24, 2.45) is 0 Å². The summed E-state index contributed by atoms with van der Waals surface area (Å²) in [5.74, 6) is 0. The molecule has 286 valence electrons. The summed E-state index contributed by atoms with van der Waals surface area (Å²) >= 11 is 0.